The van der Waals surface area contributed by atoms with Crippen LogP contribution in [-0.2, 0) is 0 Å². The number of nitriles is 2. The molecule has 1 atom stereocenters. The van der Waals surface area contributed by atoms with Gasteiger partial charge in [0, 0.05) is 10.0 Å². The van der Waals surface area contributed by atoms with Crippen molar-refractivity contribution in [2.75, 3.05) is 23.9 Å². The molecule has 10 nitrogen and oxygen atoms in total. The minimum Gasteiger partial charge on any atom is -0.493 e. The Bertz CT molecular complexity index is 1120. The van der Waals surface area contributed by atoms with E-state index in [0.29, 0.717) is 32.9 Å². The summed E-state index contributed by atoms with van der Waals surface area (Å²) in [5, 5.41) is 23.8. The standard InChI is InChI=1S/C19H19BrN8O2/c1-8(2)30-13-5-11(20)9(4-12(13)29-3)16-14-15(23)10(6-21)17(24)27-18(14)28-19(26-16)25-7-22/h4-5,8,16H,1-3H3,(H6,23,24,25,26,27,28). The largest absolute Gasteiger partial charge is 0.493 e. The van der Waals surface area contributed by atoms with Crippen LogP contribution in [0, 0.1) is 22.8 Å². The number of aromatic nitrogens is 1. The van der Waals surface area contributed by atoms with Crippen molar-refractivity contribution in [1.29, 1.82) is 10.5 Å². The summed E-state index contributed by atoms with van der Waals surface area (Å²) < 4.78 is 12.0. The van der Waals surface area contributed by atoms with Crippen molar-refractivity contribution >= 4 is 39.2 Å². The Balaban J connectivity index is 2.25. The third-order valence-corrected chi connectivity index (χ3v) is 4.98. The molecule has 0 aliphatic carbocycles. The molecule has 0 amide bonds. The minimum absolute atomic E-state index is 0.0180. The van der Waals surface area contributed by atoms with Crippen LogP contribution >= 0.6 is 15.9 Å². The van der Waals surface area contributed by atoms with Crippen molar-refractivity contribution in [2.45, 2.75) is 26.0 Å². The van der Waals surface area contributed by atoms with Crippen molar-refractivity contribution in [3.05, 3.63) is 33.3 Å². The van der Waals surface area contributed by atoms with Crippen LogP contribution in [0.25, 0.3) is 0 Å². The summed E-state index contributed by atoms with van der Waals surface area (Å²) in [5.74, 6) is 1.50. The van der Waals surface area contributed by atoms with Gasteiger partial charge in [-0.3, -0.25) is 5.32 Å². The van der Waals surface area contributed by atoms with Crippen LogP contribution in [0.4, 0.5) is 17.3 Å². The van der Waals surface area contributed by atoms with Gasteiger partial charge >= 0.3 is 0 Å². The summed E-state index contributed by atoms with van der Waals surface area (Å²) in [5.41, 5.74) is 13.5. The van der Waals surface area contributed by atoms with E-state index in [-0.39, 0.29) is 29.1 Å². The fourth-order valence-corrected chi connectivity index (χ4v) is 3.61. The maximum absolute atomic E-state index is 9.44. The number of hydrogen-bond donors (Lipinski definition) is 4. The summed E-state index contributed by atoms with van der Waals surface area (Å²) in [7, 11) is 1.53. The van der Waals surface area contributed by atoms with E-state index in [1.807, 2.05) is 26.1 Å². The Labute approximate surface area is 181 Å². The number of ether oxygens (including phenoxy) is 2. The van der Waals surface area contributed by atoms with Gasteiger partial charge in [0.05, 0.1) is 18.9 Å². The van der Waals surface area contributed by atoms with Crippen molar-refractivity contribution in [3.8, 4) is 23.8 Å². The first-order valence-electron chi connectivity index (χ1n) is 8.83. The molecule has 1 aliphatic rings. The molecule has 0 fully saturated rings. The molecule has 0 bridgehead atoms. The number of fused-ring (bicyclic) bond motifs is 1. The van der Waals surface area contributed by atoms with Gasteiger partial charge in [-0.1, -0.05) is 15.9 Å². The van der Waals surface area contributed by atoms with Gasteiger partial charge < -0.3 is 26.3 Å². The van der Waals surface area contributed by atoms with Gasteiger partial charge in [0.2, 0.25) is 5.96 Å². The average Bonchev–Trinajstić information content (AvgIpc) is 2.67. The quantitative estimate of drug-likeness (QED) is 0.387. The number of rotatable bonds is 4. The van der Waals surface area contributed by atoms with Crippen molar-refractivity contribution in [1.82, 2.24) is 10.3 Å². The van der Waals surface area contributed by atoms with E-state index in [0.717, 1.165) is 0 Å². The number of nitrogens with zero attached hydrogens (tertiary/aromatic N) is 4. The fraction of sp³-hybridized carbons (Fsp3) is 0.263. The van der Waals surface area contributed by atoms with Crippen LogP contribution < -0.4 is 31.6 Å². The van der Waals surface area contributed by atoms with E-state index < -0.39 is 6.04 Å². The van der Waals surface area contributed by atoms with Crippen LogP contribution in [0.2, 0.25) is 0 Å². The number of benzene rings is 1. The monoisotopic (exact) mass is 470 g/mol. The van der Waals surface area contributed by atoms with E-state index in [2.05, 4.69) is 36.5 Å². The molecule has 1 unspecified atom stereocenters. The van der Waals surface area contributed by atoms with Gasteiger partial charge in [0.25, 0.3) is 0 Å². The Morgan fingerprint density at radius 2 is 2.00 bits per heavy atom. The highest BCUT2D eigenvalue weighted by Crippen LogP contribution is 2.45. The van der Waals surface area contributed by atoms with E-state index in [4.69, 9.17) is 26.2 Å². The van der Waals surface area contributed by atoms with Gasteiger partial charge in [-0.15, -0.1) is 0 Å². The number of nitrogen functional groups attached to an aromatic ring is 2. The zero-order valence-corrected chi connectivity index (χ0v) is 18.0. The number of anilines is 3. The molecule has 1 aliphatic heterocycles. The summed E-state index contributed by atoms with van der Waals surface area (Å²) in [6.07, 6.45) is 1.76. The summed E-state index contributed by atoms with van der Waals surface area (Å²) in [6.45, 7) is 3.82. The second-order valence-electron chi connectivity index (χ2n) is 6.59. The number of hydrogen-bond acceptors (Lipinski definition) is 10. The van der Waals surface area contributed by atoms with E-state index in [1.54, 1.807) is 12.1 Å². The Morgan fingerprint density at radius 3 is 2.60 bits per heavy atom. The second kappa shape index (κ2) is 8.35. The number of halogens is 1. The number of pyridine rings is 1. The highest BCUT2D eigenvalue weighted by molar-refractivity contribution is 9.10. The molecule has 1 aromatic heterocycles. The lowest BCUT2D eigenvalue weighted by Crippen LogP contribution is -2.32. The van der Waals surface area contributed by atoms with Crippen molar-refractivity contribution < 1.29 is 9.47 Å². The molecule has 2 heterocycles. The highest BCUT2D eigenvalue weighted by atomic mass is 79.9. The Kier molecular flexibility index (Phi) is 5.85. The average molecular weight is 471 g/mol. The minimum atomic E-state index is -0.700. The van der Waals surface area contributed by atoms with Crippen LogP contribution in [0.3, 0.4) is 0 Å². The maximum atomic E-state index is 9.44. The van der Waals surface area contributed by atoms with Gasteiger partial charge in [-0.25, -0.2) is 9.98 Å². The molecule has 0 saturated carbocycles. The SMILES string of the molecule is COc1cc(C2N=C(NC#N)Nc3nc(N)c(C#N)c(N)c32)c(Br)cc1OC(C)C. The summed E-state index contributed by atoms with van der Waals surface area (Å²) >= 11 is 3.56. The van der Waals surface area contributed by atoms with Crippen molar-refractivity contribution in [2.24, 2.45) is 4.99 Å². The smallest absolute Gasteiger partial charge is 0.211 e. The topological polar surface area (TPSA) is 167 Å². The molecular weight excluding hydrogens is 452 g/mol. The molecule has 0 saturated heterocycles. The van der Waals surface area contributed by atoms with Crippen LogP contribution in [-0.4, -0.2) is 24.2 Å². The third kappa shape index (κ3) is 3.75. The number of methoxy groups -OCH3 is 1. The number of nitrogens with two attached hydrogens (primary N) is 2. The lowest BCUT2D eigenvalue weighted by molar-refractivity contribution is 0.230. The summed E-state index contributed by atoms with van der Waals surface area (Å²) in [4.78, 5) is 8.80. The third-order valence-electron chi connectivity index (χ3n) is 4.30. The molecule has 6 N–H and O–H groups in total. The molecule has 30 heavy (non-hydrogen) atoms. The van der Waals surface area contributed by atoms with Gasteiger partial charge in [0.1, 0.15) is 29.3 Å². The van der Waals surface area contributed by atoms with Crippen LogP contribution in [0.5, 0.6) is 11.5 Å². The number of guanidine groups is 1. The van der Waals surface area contributed by atoms with E-state index >= 15 is 0 Å². The van der Waals surface area contributed by atoms with Gasteiger partial charge in [-0.05, 0) is 31.5 Å². The second-order valence-corrected chi connectivity index (χ2v) is 7.45. The van der Waals surface area contributed by atoms with Gasteiger partial charge in [0.15, 0.2) is 17.7 Å². The lowest BCUT2D eigenvalue weighted by Gasteiger charge is -2.27. The van der Waals surface area contributed by atoms with Crippen LogP contribution in [0.1, 0.15) is 36.6 Å². The molecule has 154 valence electrons. The van der Waals surface area contributed by atoms with Crippen LogP contribution in [0.15, 0.2) is 21.6 Å². The molecule has 1 aromatic carbocycles. The number of nitrogens with one attached hydrogen (secondary N) is 2. The predicted molar refractivity (Wildman–Crippen MR) is 116 cm³/mol. The molecule has 3 rings (SSSR count). The zero-order chi connectivity index (χ0) is 22.0. The Morgan fingerprint density at radius 1 is 1.27 bits per heavy atom. The lowest BCUT2D eigenvalue weighted by atomic mass is 9.95. The summed E-state index contributed by atoms with van der Waals surface area (Å²) in [6, 6.07) is 4.81. The Hall–Kier alpha value is -3.70. The van der Waals surface area contributed by atoms with Crippen molar-refractivity contribution in [3.63, 3.8) is 0 Å². The molecular formula is C19H19BrN8O2. The highest BCUT2D eigenvalue weighted by Gasteiger charge is 2.31. The zero-order valence-electron chi connectivity index (χ0n) is 16.4. The first-order valence-corrected chi connectivity index (χ1v) is 9.62. The van der Waals surface area contributed by atoms with E-state index in [9.17, 15) is 5.26 Å². The molecule has 0 spiro atoms. The molecule has 11 heteroatoms. The normalized spacial score (nSPS) is 14.6. The maximum Gasteiger partial charge on any atom is 0.211 e. The van der Waals surface area contributed by atoms with E-state index in [1.165, 1.54) is 7.11 Å². The number of aliphatic imine (C=N–C) groups is 1. The van der Waals surface area contributed by atoms with Gasteiger partial charge in [-0.2, -0.15) is 10.5 Å². The first kappa shape index (κ1) is 21.0. The predicted octanol–water partition coefficient (Wildman–Crippen LogP) is 2.62. The molecule has 0 radical (unpaired) electrons. The fourth-order valence-electron chi connectivity index (χ4n) is 3.07. The molecule has 2 aromatic rings. The first-order chi connectivity index (χ1) is 14.3.